The van der Waals surface area contributed by atoms with Crippen molar-refractivity contribution in [2.45, 2.75) is 19.5 Å². The van der Waals surface area contributed by atoms with Gasteiger partial charge < -0.3 is 10.6 Å². The standard InChI is InChI=1S/C10H13FN2/c1-7-5-13-10-3-2-9(11)4-8(10)6-12-7/h2-4,7,12-13H,5-6H2,1H3/t7-/m1/s1. The van der Waals surface area contributed by atoms with E-state index in [-0.39, 0.29) is 5.82 Å². The summed E-state index contributed by atoms with van der Waals surface area (Å²) >= 11 is 0. The lowest BCUT2D eigenvalue weighted by molar-refractivity contribution is 0.577. The van der Waals surface area contributed by atoms with E-state index >= 15 is 0 Å². The highest BCUT2D eigenvalue weighted by molar-refractivity contribution is 5.52. The topological polar surface area (TPSA) is 24.1 Å². The summed E-state index contributed by atoms with van der Waals surface area (Å²) in [5.74, 6) is -0.170. The van der Waals surface area contributed by atoms with E-state index in [0.29, 0.717) is 6.04 Å². The maximum atomic E-state index is 12.9. The zero-order valence-corrected chi connectivity index (χ0v) is 7.60. The molecule has 2 N–H and O–H groups in total. The van der Waals surface area contributed by atoms with Crippen LogP contribution in [0.1, 0.15) is 12.5 Å². The van der Waals surface area contributed by atoms with Gasteiger partial charge in [-0.15, -0.1) is 0 Å². The number of hydrogen-bond donors (Lipinski definition) is 2. The summed E-state index contributed by atoms with van der Waals surface area (Å²) in [6, 6.07) is 5.29. The molecule has 70 valence electrons. The van der Waals surface area contributed by atoms with Gasteiger partial charge in [-0.3, -0.25) is 0 Å². The lowest BCUT2D eigenvalue weighted by Gasteiger charge is -2.08. The Bertz CT molecular complexity index is 312. The predicted octanol–water partition coefficient (Wildman–Crippen LogP) is 1.73. The fourth-order valence-electron chi connectivity index (χ4n) is 1.50. The van der Waals surface area contributed by atoms with E-state index in [2.05, 4.69) is 17.6 Å². The van der Waals surface area contributed by atoms with Crippen molar-refractivity contribution in [3.05, 3.63) is 29.6 Å². The highest BCUT2D eigenvalue weighted by Crippen LogP contribution is 2.18. The minimum Gasteiger partial charge on any atom is -0.383 e. The van der Waals surface area contributed by atoms with E-state index in [9.17, 15) is 4.39 Å². The van der Waals surface area contributed by atoms with Crippen LogP contribution in [0.4, 0.5) is 10.1 Å². The third-order valence-corrected chi connectivity index (χ3v) is 2.31. The zero-order valence-electron chi connectivity index (χ0n) is 7.60. The van der Waals surface area contributed by atoms with Crippen molar-refractivity contribution in [2.24, 2.45) is 0 Å². The Hall–Kier alpha value is -1.09. The Morgan fingerprint density at radius 2 is 2.31 bits per heavy atom. The molecule has 1 aromatic carbocycles. The van der Waals surface area contributed by atoms with Crippen LogP contribution in [0.15, 0.2) is 18.2 Å². The molecule has 0 amide bonds. The molecule has 1 aliphatic heterocycles. The number of rotatable bonds is 0. The second-order valence-electron chi connectivity index (χ2n) is 3.46. The molecule has 1 heterocycles. The minimum atomic E-state index is -0.170. The van der Waals surface area contributed by atoms with Crippen LogP contribution in [0, 0.1) is 5.82 Å². The summed E-state index contributed by atoms with van der Waals surface area (Å²) in [4.78, 5) is 0. The van der Waals surface area contributed by atoms with Crippen LogP contribution in [0.25, 0.3) is 0 Å². The van der Waals surface area contributed by atoms with E-state index < -0.39 is 0 Å². The Labute approximate surface area is 77.2 Å². The first-order chi connectivity index (χ1) is 6.25. The van der Waals surface area contributed by atoms with Crippen molar-refractivity contribution < 1.29 is 4.39 Å². The van der Waals surface area contributed by atoms with Gasteiger partial charge in [0.1, 0.15) is 5.82 Å². The van der Waals surface area contributed by atoms with Gasteiger partial charge in [0.2, 0.25) is 0 Å². The van der Waals surface area contributed by atoms with Gasteiger partial charge in [-0.05, 0) is 30.7 Å². The molecule has 0 aliphatic carbocycles. The molecule has 13 heavy (non-hydrogen) atoms. The van der Waals surface area contributed by atoms with Crippen LogP contribution in [0.5, 0.6) is 0 Å². The maximum absolute atomic E-state index is 12.9. The molecule has 0 unspecified atom stereocenters. The van der Waals surface area contributed by atoms with E-state index in [1.54, 1.807) is 12.1 Å². The molecule has 0 radical (unpaired) electrons. The van der Waals surface area contributed by atoms with Gasteiger partial charge in [-0.2, -0.15) is 0 Å². The third kappa shape index (κ3) is 1.80. The molecule has 0 spiro atoms. The normalized spacial score (nSPS) is 21.5. The van der Waals surface area contributed by atoms with Gasteiger partial charge in [-0.25, -0.2) is 4.39 Å². The highest BCUT2D eigenvalue weighted by Gasteiger charge is 2.11. The summed E-state index contributed by atoms with van der Waals surface area (Å²) in [6.07, 6.45) is 0. The van der Waals surface area contributed by atoms with Crippen LogP contribution in [-0.2, 0) is 6.54 Å². The second kappa shape index (κ2) is 3.34. The molecular formula is C10H13FN2. The monoisotopic (exact) mass is 180 g/mol. The summed E-state index contributed by atoms with van der Waals surface area (Å²) in [7, 11) is 0. The highest BCUT2D eigenvalue weighted by atomic mass is 19.1. The van der Waals surface area contributed by atoms with Gasteiger partial charge in [0.15, 0.2) is 0 Å². The Balaban J connectivity index is 2.30. The first-order valence-corrected chi connectivity index (χ1v) is 4.51. The maximum Gasteiger partial charge on any atom is 0.123 e. The molecule has 1 aromatic rings. The third-order valence-electron chi connectivity index (χ3n) is 2.31. The van der Waals surface area contributed by atoms with Crippen LogP contribution in [0.2, 0.25) is 0 Å². The lowest BCUT2D eigenvalue weighted by atomic mass is 10.2. The lowest BCUT2D eigenvalue weighted by Crippen LogP contribution is -2.29. The van der Waals surface area contributed by atoms with Crippen molar-refractivity contribution in [1.29, 1.82) is 0 Å². The molecule has 3 heteroatoms. The fourth-order valence-corrected chi connectivity index (χ4v) is 1.50. The molecule has 0 bridgehead atoms. The number of halogens is 1. The first-order valence-electron chi connectivity index (χ1n) is 4.51. The Morgan fingerprint density at radius 1 is 1.46 bits per heavy atom. The summed E-state index contributed by atoms with van der Waals surface area (Å²) < 4.78 is 12.9. The van der Waals surface area contributed by atoms with Gasteiger partial charge in [0.05, 0.1) is 0 Å². The summed E-state index contributed by atoms with van der Waals surface area (Å²) in [6.45, 7) is 3.73. The molecule has 1 aliphatic rings. The van der Waals surface area contributed by atoms with E-state index in [0.717, 1.165) is 24.3 Å². The van der Waals surface area contributed by atoms with Crippen LogP contribution < -0.4 is 10.6 Å². The van der Waals surface area contributed by atoms with Gasteiger partial charge in [0.25, 0.3) is 0 Å². The Morgan fingerprint density at radius 3 is 3.15 bits per heavy atom. The van der Waals surface area contributed by atoms with Crippen molar-refractivity contribution in [3.63, 3.8) is 0 Å². The number of nitrogens with one attached hydrogen (secondary N) is 2. The average Bonchev–Trinajstić information content (AvgIpc) is 2.29. The largest absolute Gasteiger partial charge is 0.383 e. The van der Waals surface area contributed by atoms with Crippen molar-refractivity contribution in [2.75, 3.05) is 11.9 Å². The zero-order chi connectivity index (χ0) is 9.26. The summed E-state index contributed by atoms with van der Waals surface area (Å²) in [5.41, 5.74) is 2.04. The van der Waals surface area contributed by atoms with Crippen LogP contribution in [0.3, 0.4) is 0 Å². The van der Waals surface area contributed by atoms with Gasteiger partial charge >= 0.3 is 0 Å². The molecule has 2 nitrogen and oxygen atoms in total. The smallest absolute Gasteiger partial charge is 0.123 e. The van der Waals surface area contributed by atoms with E-state index in [1.807, 2.05) is 0 Å². The summed E-state index contributed by atoms with van der Waals surface area (Å²) in [5, 5.41) is 6.57. The molecule has 0 saturated heterocycles. The number of benzene rings is 1. The van der Waals surface area contributed by atoms with Crippen LogP contribution in [-0.4, -0.2) is 12.6 Å². The van der Waals surface area contributed by atoms with Crippen LogP contribution >= 0.6 is 0 Å². The molecule has 0 fully saturated rings. The van der Waals surface area contributed by atoms with Crippen molar-refractivity contribution in [3.8, 4) is 0 Å². The van der Waals surface area contributed by atoms with Gasteiger partial charge in [0, 0.05) is 24.8 Å². The first kappa shape index (κ1) is 8.51. The van der Waals surface area contributed by atoms with E-state index in [4.69, 9.17) is 0 Å². The number of hydrogen-bond acceptors (Lipinski definition) is 2. The predicted molar refractivity (Wildman–Crippen MR) is 51.2 cm³/mol. The SMILES string of the molecule is C[C@@H]1CNc2ccc(F)cc2CN1. The van der Waals surface area contributed by atoms with E-state index in [1.165, 1.54) is 6.07 Å². The Kier molecular flexibility index (Phi) is 2.19. The molecule has 0 aromatic heterocycles. The average molecular weight is 180 g/mol. The molecule has 2 rings (SSSR count). The molecular weight excluding hydrogens is 167 g/mol. The second-order valence-corrected chi connectivity index (χ2v) is 3.46. The molecule has 1 atom stereocenters. The number of anilines is 1. The molecule has 0 saturated carbocycles. The van der Waals surface area contributed by atoms with Crippen molar-refractivity contribution in [1.82, 2.24) is 5.32 Å². The quantitative estimate of drug-likeness (QED) is 0.635. The van der Waals surface area contributed by atoms with Gasteiger partial charge in [-0.1, -0.05) is 0 Å². The minimum absolute atomic E-state index is 0.170. The van der Waals surface area contributed by atoms with Crippen molar-refractivity contribution >= 4 is 5.69 Å². The number of fused-ring (bicyclic) bond motifs is 1. The fraction of sp³-hybridized carbons (Fsp3) is 0.400.